The van der Waals surface area contributed by atoms with Crippen molar-refractivity contribution in [3.05, 3.63) is 0 Å². The van der Waals surface area contributed by atoms with Crippen molar-refractivity contribution in [3.8, 4) is 0 Å². The molecule has 13 heavy (non-hydrogen) atoms. The lowest BCUT2D eigenvalue weighted by Crippen LogP contribution is -2.51. The largest absolute Gasteiger partial charge is 0.382 e. The second kappa shape index (κ2) is 5.90. The highest BCUT2D eigenvalue weighted by Gasteiger charge is 2.25. The summed E-state index contributed by atoms with van der Waals surface area (Å²) in [5, 5.41) is 0. The molecule has 0 radical (unpaired) electrons. The Kier molecular flexibility index (Phi) is 5.61. The molecule has 1 unspecified atom stereocenters. The van der Waals surface area contributed by atoms with E-state index in [0.717, 1.165) is 0 Å². The van der Waals surface area contributed by atoms with Crippen LogP contribution in [0, 0.1) is 0 Å². The smallest absolute Gasteiger partial charge is 0.263 e. The molecule has 1 atom stereocenters. The Labute approximate surface area is 78.5 Å². The van der Waals surface area contributed by atoms with Crippen LogP contribution in [0.15, 0.2) is 0 Å². The third-order valence-electron chi connectivity index (χ3n) is 1.81. The molecule has 0 heterocycles. The Morgan fingerprint density at radius 2 is 2.15 bits per heavy atom. The fourth-order valence-corrected chi connectivity index (χ4v) is 0.519. The molecule has 5 heteroatoms. The van der Waals surface area contributed by atoms with Crippen LogP contribution in [-0.4, -0.2) is 31.8 Å². The van der Waals surface area contributed by atoms with Crippen molar-refractivity contribution in [2.24, 2.45) is 5.73 Å². The normalized spacial score (nSPS) is 15.1. The van der Waals surface area contributed by atoms with Gasteiger partial charge in [0.25, 0.3) is 5.91 Å². The van der Waals surface area contributed by atoms with E-state index in [4.69, 9.17) is 15.3 Å². The Morgan fingerprint density at radius 1 is 1.54 bits per heavy atom. The number of ether oxygens (including phenoxy) is 1. The van der Waals surface area contributed by atoms with Gasteiger partial charge in [0, 0.05) is 7.11 Å². The average molecular weight is 190 g/mol. The Hall–Kier alpha value is -0.650. The number of carbonyl (C=O) groups excluding carboxylic acids is 1. The molecule has 0 spiro atoms. The van der Waals surface area contributed by atoms with Gasteiger partial charge >= 0.3 is 0 Å². The first-order valence-corrected chi connectivity index (χ1v) is 4.24. The minimum atomic E-state index is -0.868. The van der Waals surface area contributed by atoms with Crippen molar-refractivity contribution in [2.45, 2.75) is 25.8 Å². The molecule has 0 aromatic carbocycles. The van der Waals surface area contributed by atoms with Crippen molar-refractivity contribution >= 4 is 5.91 Å². The summed E-state index contributed by atoms with van der Waals surface area (Å²) in [5.41, 5.74) is 7.05. The van der Waals surface area contributed by atoms with Gasteiger partial charge in [0.1, 0.15) is 0 Å². The van der Waals surface area contributed by atoms with Crippen LogP contribution in [0.25, 0.3) is 0 Å². The highest BCUT2D eigenvalue weighted by atomic mass is 16.7. The quantitative estimate of drug-likeness (QED) is 0.449. The second-order valence-electron chi connectivity index (χ2n) is 3.04. The summed E-state index contributed by atoms with van der Waals surface area (Å²) in [5.74, 6) is -0.314. The zero-order valence-electron chi connectivity index (χ0n) is 8.42. The molecule has 0 aromatic rings. The van der Waals surface area contributed by atoms with Crippen LogP contribution in [0.1, 0.15) is 20.3 Å². The third kappa shape index (κ3) is 4.82. The van der Waals surface area contributed by atoms with Crippen molar-refractivity contribution in [1.29, 1.82) is 0 Å². The lowest BCUT2D eigenvalue weighted by molar-refractivity contribution is -0.139. The van der Waals surface area contributed by atoms with Crippen LogP contribution in [0.4, 0.5) is 0 Å². The van der Waals surface area contributed by atoms with E-state index in [0.29, 0.717) is 19.6 Å². The SMILES string of the molecule is CCC(C)(N)C(=O)NOCCOC. The number of amides is 1. The van der Waals surface area contributed by atoms with Crippen molar-refractivity contribution in [3.63, 3.8) is 0 Å². The van der Waals surface area contributed by atoms with Crippen molar-refractivity contribution in [2.75, 3.05) is 20.3 Å². The lowest BCUT2D eigenvalue weighted by atomic mass is 10.0. The van der Waals surface area contributed by atoms with E-state index in [1.165, 1.54) is 0 Å². The van der Waals surface area contributed by atoms with Gasteiger partial charge in [-0.2, -0.15) is 0 Å². The van der Waals surface area contributed by atoms with Crippen LogP contribution in [0.2, 0.25) is 0 Å². The molecule has 0 bridgehead atoms. The van der Waals surface area contributed by atoms with Crippen LogP contribution in [-0.2, 0) is 14.4 Å². The van der Waals surface area contributed by atoms with Crippen molar-refractivity contribution < 1.29 is 14.4 Å². The zero-order valence-corrected chi connectivity index (χ0v) is 8.42. The fourth-order valence-electron chi connectivity index (χ4n) is 0.519. The minimum absolute atomic E-state index is 0.314. The number of methoxy groups -OCH3 is 1. The maximum Gasteiger partial charge on any atom is 0.263 e. The number of hydroxylamine groups is 1. The summed E-state index contributed by atoms with van der Waals surface area (Å²) in [4.78, 5) is 16.1. The predicted molar refractivity (Wildman–Crippen MR) is 48.9 cm³/mol. The molecule has 78 valence electrons. The van der Waals surface area contributed by atoms with E-state index in [9.17, 15) is 4.79 Å². The van der Waals surface area contributed by atoms with E-state index in [1.807, 2.05) is 6.92 Å². The summed E-state index contributed by atoms with van der Waals surface area (Å²) in [6.45, 7) is 4.26. The van der Waals surface area contributed by atoms with E-state index in [2.05, 4.69) is 5.48 Å². The zero-order chi connectivity index (χ0) is 10.3. The van der Waals surface area contributed by atoms with E-state index >= 15 is 0 Å². The molecule has 0 rings (SSSR count). The van der Waals surface area contributed by atoms with Crippen LogP contribution in [0.5, 0.6) is 0 Å². The number of nitrogens with one attached hydrogen (secondary N) is 1. The Morgan fingerprint density at radius 3 is 2.62 bits per heavy atom. The Balaban J connectivity index is 3.62. The van der Waals surface area contributed by atoms with Crippen LogP contribution in [0.3, 0.4) is 0 Å². The van der Waals surface area contributed by atoms with E-state index in [-0.39, 0.29) is 5.91 Å². The topological polar surface area (TPSA) is 73.6 Å². The molecule has 5 nitrogen and oxygen atoms in total. The summed E-state index contributed by atoms with van der Waals surface area (Å²) in [7, 11) is 1.56. The van der Waals surface area contributed by atoms with Crippen molar-refractivity contribution in [1.82, 2.24) is 5.48 Å². The maximum atomic E-state index is 11.3. The highest BCUT2D eigenvalue weighted by Crippen LogP contribution is 2.03. The van der Waals surface area contributed by atoms with Gasteiger partial charge in [0.05, 0.1) is 18.8 Å². The average Bonchev–Trinajstić information content (AvgIpc) is 2.12. The monoisotopic (exact) mass is 190 g/mol. The molecule has 0 aliphatic heterocycles. The third-order valence-corrected chi connectivity index (χ3v) is 1.81. The number of carbonyl (C=O) groups is 1. The molecule has 3 N–H and O–H groups in total. The first-order chi connectivity index (χ1) is 6.04. The minimum Gasteiger partial charge on any atom is -0.382 e. The van der Waals surface area contributed by atoms with Crippen LogP contribution < -0.4 is 11.2 Å². The molecule has 0 aliphatic rings. The van der Waals surface area contributed by atoms with Gasteiger partial charge in [-0.05, 0) is 13.3 Å². The first kappa shape index (κ1) is 12.3. The fraction of sp³-hybridized carbons (Fsp3) is 0.875. The Bertz CT molecular complexity index is 159. The van der Waals surface area contributed by atoms with Gasteiger partial charge in [-0.15, -0.1) is 0 Å². The van der Waals surface area contributed by atoms with Crippen LogP contribution >= 0.6 is 0 Å². The summed E-state index contributed by atoms with van der Waals surface area (Å²) in [6, 6.07) is 0. The van der Waals surface area contributed by atoms with Gasteiger partial charge in [-0.25, -0.2) is 5.48 Å². The molecular formula is C8H18N2O3. The van der Waals surface area contributed by atoms with Gasteiger partial charge in [-0.3, -0.25) is 9.63 Å². The summed E-state index contributed by atoms with van der Waals surface area (Å²) < 4.78 is 4.73. The number of hydrogen-bond donors (Lipinski definition) is 2. The van der Waals surface area contributed by atoms with E-state index < -0.39 is 5.54 Å². The lowest BCUT2D eigenvalue weighted by Gasteiger charge is -2.20. The van der Waals surface area contributed by atoms with E-state index in [1.54, 1.807) is 14.0 Å². The molecule has 0 saturated carbocycles. The number of nitrogens with two attached hydrogens (primary N) is 1. The first-order valence-electron chi connectivity index (χ1n) is 4.24. The molecule has 1 amide bonds. The molecule has 0 aliphatic carbocycles. The maximum absolute atomic E-state index is 11.3. The van der Waals surface area contributed by atoms with Gasteiger partial charge in [0.2, 0.25) is 0 Å². The predicted octanol–water partition coefficient (Wildman–Crippen LogP) is -0.192. The summed E-state index contributed by atoms with van der Waals surface area (Å²) in [6.07, 6.45) is 0.562. The summed E-state index contributed by atoms with van der Waals surface area (Å²) >= 11 is 0. The molecule has 0 fully saturated rings. The highest BCUT2D eigenvalue weighted by molar-refractivity contribution is 5.84. The van der Waals surface area contributed by atoms with Gasteiger partial charge < -0.3 is 10.5 Å². The number of rotatable bonds is 6. The second-order valence-corrected chi connectivity index (χ2v) is 3.04. The van der Waals surface area contributed by atoms with Gasteiger partial charge in [0.15, 0.2) is 0 Å². The standard InChI is InChI=1S/C8H18N2O3/c1-4-8(2,9)7(11)10-13-6-5-12-3/h4-6,9H2,1-3H3,(H,10,11). The molecular weight excluding hydrogens is 172 g/mol. The van der Waals surface area contributed by atoms with Gasteiger partial charge in [-0.1, -0.05) is 6.92 Å². The number of hydrogen-bond acceptors (Lipinski definition) is 4. The molecule has 0 aromatic heterocycles. The molecule has 0 saturated heterocycles.